The van der Waals surface area contributed by atoms with Crippen molar-refractivity contribution < 1.29 is 18.7 Å². The summed E-state index contributed by atoms with van der Waals surface area (Å²) in [5, 5.41) is 4.87. The number of aromatic nitrogens is 2. The van der Waals surface area contributed by atoms with E-state index in [0.717, 1.165) is 49.8 Å². The second-order valence-electron chi connectivity index (χ2n) is 10.3. The van der Waals surface area contributed by atoms with Crippen LogP contribution in [-0.4, -0.2) is 71.5 Å². The minimum Gasteiger partial charge on any atom is -0.454 e. The number of nitrogens with zero attached hydrogens (tertiary/aromatic N) is 5. The number of benzene rings is 2. The summed E-state index contributed by atoms with van der Waals surface area (Å²) in [6.45, 7) is 14.1. The molecule has 2 aromatic carbocycles. The van der Waals surface area contributed by atoms with Crippen LogP contribution in [0.5, 0.6) is 11.5 Å². The molecular formula is C29H36FN5O3. The van der Waals surface area contributed by atoms with Crippen LogP contribution in [0.3, 0.4) is 0 Å². The summed E-state index contributed by atoms with van der Waals surface area (Å²) in [6.07, 6.45) is 0. The van der Waals surface area contributed by atoms with Gasteiger partial charge in [-0.3, -0.25) is 4.79 Å². The Morgan fingerprint density at radius 2 is 1.84 bits per heavy atom. The molecule has 9 heteroatoms. The molecule has 0 saturated carbocycles. The van der Waals surface area contributed by atoms with Crippen LogP contribution in [0.25, 0.3) is 5.69 Å². The molecular weight excluding hydrogens is 485 g/mol. The molecule has 0 unspecified atom stereocenters. The van der Waals surface area contributed by atoms with E-state index in [4.69, 9.17) is 14.6 Å². The van der Waals surface area contributed by atoms with Gasteiger partial charge >= 0.3 is 0 Å². The summed E-state index contributed by atoms with van der Waals surface area (Å²) in [5.74, 6) is 2.05. The maximum absolute atomic E-state index is 14.2. The Morgan fingerprint density at radius 3 is 2.55 bits per heavy atom. The van der Waals surface area contributed by atoms with Gasteiger partial charge in [-0.05, 0) is 55.8 Å². The van der Waals surface area contributed by atoms with Gasteiger partial charge in [0.2, 0.25) is 6.79 Å². The fourth-order valence-electron chi connectivity index (χ4n) is 5.18. The lowest BCUT2D eigenvalue weighted by Gasteiger charge is -2.36. The lowest BCUT2D eigenvalue weighted by molar-refractivity contribution is 0.0722. The van der Waals surface area contributed by atoms with E-state index in [1.54, 1.807) is 24.3 Å². The first-order valence-corrected chi connectivity index (χ1v) is 13.3. The Bertz CT molecular complexity index is 1300. The van der Waals surface area contributed by atoms with Crippen LogP contribution >= 0.6 is 0 Å². The number of halogens is 1. The fraction of sp³-hybridized carbons (Fsp3) is 0.448. The third kappa shape index (κ3) is 5.34. The van der Waals surface area contributed by atoms with E-state index in [-0.39, 0.29) is 24.4 Å². The molecule has 38 heavy (non-hydrogen) atoms. The van der Waals surface area contributed by atoms with Crippen LogP contribution in [0.1, 0.15) is 42.4 Å². The van der Waals surface area contributed by atoms with Crippen LogP contribution < -0.4 is 14.4 Å². The van der Waals surface area contributed by atoms with Crippen molar-refractivity contribution in [3.63, 3.8) is 0 Å². The van der Waals surface area contributed by atoms with Gasteiger partial charge in [0, 0.05) is 43.9 Å². The second-order valence-corrected chi connectivity index (χ2v) is 10.3. The average Bonchev–Trinajstić information content (AvgIpc) is 3.51. The van der Waals surface area contributed by atoms with Crippen molar-refractivity contribution in [1.29, 1.82) is 0 Å². The molecule has 8 nitrogen and oxygen atoms in total. The second kappa shape index (κ2) is 11.0. The van der Waals surface area contributed by atoms with Gasteiger partial charge < -0.3 is 24.2 Å². The Kier molecular flexibility index (Phi) is 7.56. The summed E-state index contributed by atoms with van der Waals surface area (Å²) in [7, 11) is 0. The van der Waals surface area contributed by atoms with E-state index in [9.17, 15) is 9.18 Å². The van der Waals surface area contributed by atoms with Gasteiger partial charge in [0.1, 0.15) is 11.6 Å². The number of likely N-dealkylation sites (N-methyl/N-ethyl adjacent to an activating group) is 1. The van der Waals surface area contributed by atoms with Crippen molar-refractivity contribution in [2.45, 2.75) is 34.2 Å². The van der Waals surface area contributed by atoms with E-state index in [0.29, 0.717) is 35.8 Å². The van der Waals surface area contributed by atoms with Crippen LogP contribution in [-0.2, 0) is 6.54 Å². The highest BCUT2D eigenvalue weighted by Gasteiger charge is 2.29. The molecule has 0 atom stereocenters. The highest BCUT2D eigenvalue weighted by atomic mass is 19.1. The standard InChI is InChI=1S/C29H36FN5O3/c1-5-32-11-13-33(14-12-32)28-25(21(4)31-35(28)24-8-6-7-23(30)16-24)18-34(17-20(2)3)29(36)22-9-10-26-27(15-22)38-19-37-26/h6-10,15-16,20H,5,11-14,17-19H2,1-4H3. The molecule has 0 radical (unpaired) electrons. The number of ether oxygens (including phenoxy) is 2. The minimum absolute atomic E-state index is 0.0725. The van der Waals surface area contributed by atoms with Gasteiger partial charge in [0.15, 0.2) is 11.5 Å². The number of fused-ring (bicyclic) bond motifs is 1. The van der Waals surface area contributed by atoms with Crippen molar-refractivity contribution in [2.75, 3.05) is 51.0 Å². The molecule has 2 aliphatic rings. The number of anilines is 1. The molecule has 2 aliphatic heterocycles. The highest BCUT2D eigenvalue weighted by Crippen LogP contribution is 2.34. The zero-order chi connectivity index (χ0) is 26.8. The van der Waals surface area contributed by atoms with Crippen LogP contribution in [0.4, 0.5) is 10.2 Å². The maximum Gasteiger partial charge on any atom is 0.254 e. The molecule has 1 saturated heterocycles. The molecule has 0 aliphatic carbocycles. The number of hydrogen-bond donors (Lipinski definition) is 0. The quantitative estimate of drug-likeness (QED) is 0.435. The molecule has 0 N–H and O–H groups in total. The number of carbonyl (C=O) groups excluding carboxylic acids is 1. The number of piperazine rings is 1. The molecule has 3 heterocycles. The SMILES string of the molecule is CCN1CCN(c2c(CN(CC(C)C)C(=O)c3ccc4c(c3)OCO4)c(C)nn2-c2cccc(F)c2)CC1. The van der Waals surface area contributed by atoms with Gasteiger partial charge in [-0.2, -0.15) is 5.10 Å². The first-order valence-electron chi connectivity index (χ1n) is 13.3. The lowest BCUT2D eigenvalue weighted by atomic mass is 10.1. The van der Waals surface area contributed by atoms with Crippen LogP contribution in [0.2, 0.25) is 0 Å². The molecule has 202 valence electrons. The zero-order valence-corrected chi connectivity index (χ0v) is 22.6. The van der Waals surface area contributed by atoms with Gasteiger partial charge in [-0.25, -0.2) is 9.07 Å². The topological polar surface area (TPSA) is 63.1 Å². The van der Waals surface area contributed by atoms with Crippen molar-refractivity contribution in [3.05, 3.63) is 65.1 Å². The van der Waals surface area contributed by atoms with Crippen molar-refractivity contribution in [2.24, 2.45) is 5.92 Å². The van der Waals surface area contributed by atoms with E-state index in [1.165, 1.54) is 12.1 Å². The molecule has 1 amide bonds. The molecule has 1 aromatic heterocycles. The molecule has 3 aromatic rings. The summed E-state index contributed by atoms with van der Waals surface area (Å²) in [5.41, 5.74) is 3.04. The van der Waals surface area contributed by atoms with Gasteiger partial charge in [-0.15, -0.1) is 0 Å². The number of carbonyl (C=O) groups is 1. The van der Waals surface area contributed by atoms with Crippen molar-refractivity contribution in [1.82, 2.24) is 19.6 Å². The van der Waals surface area contributed by atoms with Crippen molar-refractivity contribution >= 4 is 11.7 Å². The Morgan fingerprint density at radius 1 is 1.08 bits per heavy atom. The molecule has 0 spiro atoms. The number of amides is 1. The Hall–Kier alpha value is -3.59. The fourth-order valence-corrected chi connectivity index (χ4v) is 5.18. The summed E-state index contributed by atoms with van der Waals surface area (Å²) >= 11 is 0. The normalized spacial score (nSPS) is 15.4. The molecule has 1 fully saturated rings. The van der Waals surface area contributed by atoms with E-state index < -0.39 is 0 Å². The Labute approximate surface area is 223 Å². The predicted octanol–water partition coefficient (Wildman–Crippen LogP) is 4.49. The van der Waals surface area contributed by atoms with E-state index in [1.807, 2.05) is 22.6 Å². The lowest BCUT2D eigenvalue weighted by Crippen LogP contribution is -2.47. The minimum atomic E-state index is -0.307. The third-order valence-electron chi connectivity index (χ3n) is 7.17. The van der Waals surface area contributed by atoms with Gasteiger partial charge in [0.05, 0.1) is 17.9 Å². The predicted molar refractivity (Wildman–Crippen MR) is 145 cm³/mol. The smallest absolute Gasteiger partial charge is 0.254 e. The van der Waals surface area contributed by atoms with Crippen LogP contribution in [0.15, 0.2) is 42.5 Å². The Balaban J connectivity index is 1.53. The van der Waals surface area contributed by atoms with Crippen molar-refractivity contribution in [3.8, 4) is 17.2 Å². The van der Waals surface area contributed by atoms with Gasteiger partial charge in [-0.1, -0.05) is 26.8 Å². The third-order valence-corrected chi connectivity index (χ3v) is 7.17. The first kappa shape index (κ1) is 26.0. The van der Waals surface area contributed by atoms with E-state index >= 15 is 0 Å². The summed E-state index contributed by atoms with van der Waals surface area (Å²) < 4.78 is 27.0. The number of rotatable bonds is 8. The zero-order valence-electron chi connectivity index (χ0n) is 22.6. The monoisotopic (exact) mass is 521 g/mol. The van der Waals surface area contributed by atoms with Gasteiger partial charge in [0.25, 0.3) is 5.91 Å². The average molecular weight is 522 g/mol. The molecule has 5 rings (SSSR count). The first-order chi connectivity index (χ1) is 18.3. The summed E-state index contributed by atoms with van der Waals surface area (Å²) in [4.78, 5) is 20.4. The summed E-state index contributed by atoms with van der Waals surface area (Å²) in [6, 6.07) is 11.8. The largest absolute Gasteiger partial charge is 0.454 e. The maximum atomic E-state index is 14.2. The molecule has 0 bridgehead atoms. The van der Waals surface area contributed by atoms with Crippen LogP contribution in [0, 0.1) is 18.7 Å². The number of aryl methyl sites for hydroxylation is 1. The highest BCUT2D eigenvalue weighted by molar-refractivity contribution is 5.95. The number of hydrogen-bond acceptors (Lipinski definition) is 6. The van der Waals surface area contributed by atoms with E-state index in [2.05, 4.69) is 30.6 Å².